The summed E-state index contributed by atoms with van der Waals surface area (Å²) in [5.41, 5.74) is 0. The molecule has 0 saturated carbocycles. The second kappa shape index (κ2) is 4.92. The normalized spacial score (nSPS) is 14.1. The molecule has 0 N–H and O–H groups in total. The fraction of sp³-hybridized carbons (Fsp3) is 0.625. The van der Waals surface area contributed by atoms with Gasteiger partial charge in [-0.15, -0.1) is 0 Å². The van der Waals surface area contributed by atoms with E-state index in [-0.39, 0.29) is 0 Å². The first-order valence-corrected chi connectivity index (χ1v) is 4.07. The highest BCUT2D eigenvalue weighted by Gasteiger charge is 2.73. The molecule has 0 bridgehead atoms. The molecule has 100 valence electrons. The summed E-state index contributed by atoms with van der Waals surface area (Å²) < 4.78 is 88.0. The van der Waals surface area contributed by atoms with E-state index >= 15 is 0 Å². The Morgan fingerprint density at radius 1 is 1.12 bits per heavy atom. The molecule has 9 heteroatoms. The fourth-order valence-corrected chi connectivity index (χ4v) is 0.644. The molecular formula is C8H7F7O2. The molecule has 0 rings (SSSR count). The maximum Gasteiger partial charge on any atom is 0.460 e. The molecule has 0 aliphatic carbocycles. The fourth-order valence-electron chi connectivity index (χ4n) is 0.644. The largest absolute Gasteiger partial charge is 0.460 e. The Morgan fingerprint density at radius 2 is 1.59 bits per heavy atom. The standard InChI is InChI=1S/C8H7F7O2/c1-2-3-5(16)17-4-6(9,10)7(11,12)8(13,14)15/h2-3H,4H2,1H3/b3-2-. The Labute approximate surface area is 91.0 Å². The van der Waals surface area contributed by atoms with E-state index in [4.69, 9.17) is 0 Å². The lowest BCUT2D eigenvalue weighted by molar-refractivity contribution is -0.359. The second-order valence-corrected chi connectivity index (χ2v) is 2.88. The van der Waals surface area contributed by atoms with E-state index < -0.39 is 30.6 Å². The van der Waals surface area contributed by atoms with Gasteiger partial charge >= 0.3 is 24.0 Å². The zero-order valence-corrected chi connectivity index (χ0v) is 8.32. The lowest BCUT2D eigenvalue weighted by atomic mass is 10.2. The van der Waals surface area contributed by atoms with Gasteiger partial charge < -0.3 is 4.74 Å². The third-order valence-electron chi connectivity index (χ3n) is 1.51. The minimum atomic E-state index is -6.43. The number of rotatable bonds is 4. The van der Waals surface area contributed by atoms with E-state index in [2.05, 4.69) is 4.74 Å². The third-order valence-corrected chi connectivity index (χ3v) is 1.51. The third kappa shape index (κ3) is 3.60. The summed E-state index contributed by atoms with van der Waals surface area (Å²) in [6.45, 7) is -1.06. The van der Waals surface area contributed by atoms with Gasteiger partial charge in [-0.1, -0.05) is 6.08 Å². The lowest BCUT2D eigenvalue weighted by Crippen LogP contribution is -2.54. The SMILES string of the molecule is C/C=C\C(=O)OCC(F)(F)C(F)(F)C(F)(F)F. The highest BCUT2D eigenvalue weighted by molar-refractivity contribution is 5.81. The van der Waals surface area contributed by atoms with E-state index in [0.29, 0.717) is 6.08 Å². The van der Waals surface area contributed by atoms with Crippen LogP contribution in [0.1, 0.15) is 6.92 Å². The number of ether oxygens (including phenoxy) is 1. The molecule has 0 saturated heterocycles. The number of halogens is 7. The molecule has 2 nitrogen and oxygen atoms in total. The summed E-state index contributed by atoms with van der Waals surface area (Å²) >= 11 is 0. The lowest BCUT2D eigenvalue weighted by Gasteiger charge is -2.27. The minimum Gasteiger partial charge on any atom is -0.456 e. The van der Waals surface area contributed by atoms with Crippen LogP contribution < -0.4 is 0 Å². The highest BCUT2D eigenvalue weighted by atomic mass is 19.4. The van der Waals surface area contributed by atoms with E-state index in [1.165, 1.54) is 6.92 Å². The van der Waals surface area contributed by atoms with Crippen LogP contribution in [-0.2, 0) is 9.53 Å². The van der Waals surface area contributed by atoms with Gasteiger partial charge in [0.2, 0.25) is 0 Å². The molecule has 0 aromatic rings. The van der Waals surface area contributed by atoms with Crippen molar-refractivity contribution in [2.24, 2.45) is 0 Å². The summed E-state index contributed by atoms with van der Waals surface area (Å²) in [6.07, 6.45) is -4.78. The summed E-state index contributed by atoms with van der Waals surface area (Å²) in [7, 11) is 0. The van der Waals surface area contributed by atoms with Crippen LogP contribution in [0, 0.1) is 0 Å². The van der Waals surface area contributed by atoms with Gasteiger partial charge in [-0.2, -0.15) is 30.7 Å². The van der Waals surface area contributed by atoms with Crippen LogP contribution in [0.15, 0.2) is 12.2 Å². The van der Waals surface area contributed by atoms with E-state index in [1.54, 1.807) is 0 Å². The average molecular weight is 268 g/mol. The van der Waals surface area contributed by atoms with Crippen molar-refractivity contribution in [3.8, 4) is 0 Å². The summed E-state index contributed by atoms with van der Waals surface area (Å²) in [5, 5.41) is 0. The molecule has 0 heterocycles. The van der Waals surface area contributed by atoms with Gasteiger partial charge in [-0.25, -0.2) is 4.79 Å². The van der Waals surface area contributed by atoms with Crippen molar-refractivity contribution in [1.82, 2.24) is 0 Å². The number of alkyl halides is 7. The molecule has 0 unspecified atom stereocenters. The zero-order valence-electron chi connectivity index (χ0n) is 8.32. The van der Waals surface area contributed by atoms with Gasteiger partial charge in [0.15, 0.2) is 6.61 Å². The van der Waals surface area contributed by atoms with Gasteiger partial charge in [0.05, 0.1) is 0 Å². The maximum absolute atomic E-state index is 12.5. The summed E-state index contributed by atoms with van der Waals surface area (Å²) in [6, 6.07) is 0. The maximum atomic E-state index is 12.5. The van der Waals surface area contributed by atoms with E-state index in [0.717, 1.165) is 6.08 Å². The predicted molar refractivity (Wildman–Crippen MR) is 41.7 cm³/mol. The monoisotopic (exact) mass is 268 g/mol. The van der Waals surface area contributed by atoms with Crippen molar-refractivity contribution in [3.05, 3.63) is 12.2 Å². The molecule has 0 spiro atoms. The van der Waals surface area contributed by atoms with Crippen LogP contribution in [0.4, 0.5) is 30.7 Å². The Kier molecular flexibility index (Phi) is 4.55. The number of hydrogen-bond donors (Lipinski definition) is 0. The number of carbonyl (C=O) groups excluding carboxylic acids is 1. The van der Waals surface area contributed by atoms with E-state index in [9.17, 15) is 35.5 Å². The van der Waals surface area contributed by atoms with Crippen LogP contribution in [-0.4, -0.2) is 30.6 Å². The zero-order chi connectivity index (χ0) is 13.9. The molecule has 0 amide bonds. The minimum absolute atomic E-state index is 0.599. The first kappa shape index (κ1) is 15.7. The molecular weight excluding hydrogens is 261 g/mol. The van der Waals surface area contributed by atoms with Crippen molar-refractivity contribution in [2.45, 2.75) is 24.9 Å². The molecule has 0 aliphatic rings. The van der Waals surface area contributed by atoms with Crippen LogP contribution in [0.3, 0.4) is 0 Å². The molecule has 0 aromatic heterocycles. The smallest absolute Gasteiger partial charge is 0.456 e. The van der Waals surface area contributed by atoms with Gasteiger partial charge in [0.25, 0.3) is 0 Å². The van der Waals surface area contributed by atoms with Gasteiger partial charge in [-0.05, 0) is 6.92 Å². The van der Waals surface area contributed by atoms with Crippen molar-refractivity contribution < 1.29 is 40.3 Å². The molecule has 17 heavy (non-hydrogen) atoms. The number of hydrogen-bond acceptors (Lipinski definition) is 2. The van der Waals surface area contributed by atoms with Crippen molar-refractivity contribution >= 4 is 5.97 Å². The quantitative estimate of drug-likeness (QED) is 0.445. The topological polar surface area (TPSA) is 26.3 Å². The van der Waals surface area contributed by atoms with Gasteiger partial charge in [0, 0.05) is 6.08 Å². The van der Waals surface area contributed by atoms with Crippen LogP contribution >= 0.6 is 0 Å². The Hall–Kier alpha value is -1.28. The van der Waals surface area contributed by atoms with E-state index in [1.807, 2.05) is 0 Å². The molecule has 0 radical (unpaired) electrons. The van der Waals surface area contributed by atoms with Crippen molar-refractivity contribution in [3.63, 3.8) is 0 Å². The van der Waals surface area contributed by atoms with Gasteiger partial charge in [0.1, 0.15) is 0 Å². The number of carbonyl (C=O) groups is 1. The van der Waals surface area contributed by atoms with Crippen LogP contribution in [0.25, 0.3) is 0 Å². The number of allylic oxidation sites excluding steroid dienone is 1. The number of esters is 1. The molecule has 0 atom stereocenters. The summed E-state index contributed by atoms with van der Waals surface area (Å²) in [4.78, 5) is 10.5. The molecule has 0 fully saturated rings. The van der Waals surface area contributed by atoms with Crippen LogP contribution in [0.5, 0.6) is 0 Å². The molecule has 0 aliphatic heterocycles. The van der Waals surface area contributed by atoms with Crippen molar-refractivity contribution in [1.29, 1.82) is 0 Å². The summed E-state index contributed by atoms with van der Waals surface area (Å²) in [5.74, 6) is -13.2. The first-order chi connectivity index (χ1) is 7.45. The average Bonchev–Trinajstić information content (AvgIpc) is 2.13. The highest BCUT2D eigenvalue weighted by Crippen LogP contribution is 2.46. The predicted octanol–water partition coefficient (Wildman–Crippen LogP) is 2.94. The first-order valence-electron chi connectivity index (χ1n) is 4.07. The Balaban J connectivity index is 4.74. The Bertz CT molecular complexity index is 305. The van der Waals surface area contributed by atoms with Crippen molar-refractivity contribution in [2.75, 3.05) is 6.61 Å². The molecule has 0 aromatic carbocycles. The Morgan fingerprint density at radius 3 is 1.94 bits per heavy atom. The second-order valence-electron chi connectivity index (χ2n) is 2.88. The van der Waals surface area contributed by atoms with Gasteiger partial charge in [-0.3, -0.25) is 0 Å². The van der Waals surface area contributed by atoms with Crippen LogP contribution in [0.2, 0.25) is 0 Å².